The van der Waals surface area contributed by atoms with Gasteiger partial charge in [0.15, 0.2) is 0 Å². The van der Waals surface area contributed by atoms with Crippen LogP contribution in [-0.4, -0.2) is 12.6 Å². The first-order valence-corrected chi connectivity index (χ1v) is 17.3. The number of carbonyl (C=O) groups excluding carboxylic acids is 1. The van der Waals surface area contributed by atoms with E-state index < -0.39 is 0 Å². The Hall–Kier alpha value is -0.530. The maximum Gasteiger partial charge on any atom is 0.308 e. The Morgan fingerprint density at radius 1 is 0.459 bits per heavy atom. The maximum absolute atomic E-state index is 12.6. The van der Waals surface area contributed by atoms with Gasteiger partial charge in [0.1, 0.15) is 0 Å². The lowest BCUT2D eigenvalue weighted by molar-refractivity contribution is -0.149. The number of carbonyl (C=O) groups is 1. The lowest BCUT2D eigenvalue weighted by atomic mass is 9.94. The molecule has 2 atom stereocenters. The summed E-state index contributed by atoms with van der Waals surface area (Å²) < 4.78 is 5.86. The van der Waals surface area contributed by atoms with Crippen molar-refractivity contribution in [2.24, 2.45) is 11.8 Å². The maximum atomic E-state index is 12.6. The molecule has 0 rings (SSSR count). The standard InChI is InChI=1S/C35H70O2/c1-5-8-11-14-16-18-19-20-21-23-25-28-31-34(30-27-24-22-17-15-12-9-6-2)32-37-35(36)33(4)29-26-13-10-7-3/h33-34H,5-32H2,1-4H3. The zero-order chi connectivity index (χ0) is 27.2. The fourth-order valence-corrected chi connectivity index (χ4v) is 5.49. The van der Waals surface area contributed by atoms with E-state index in [9.17, 15) is 4.79 Å². The van der Waals surface area contributed by atoms with Crippen molar-refractivity contribution >= 4 is 5.97 Å². The molecular formula is C35H70O2. The van der Waals surface area contributed by atoms with E-state index in [-0.39, 0.29) is 11.9 Å². The van der Waals surface area contributed by atoms with Crippen molar-refractivity contribution in [2.75, 3.05) is 6.61 Å². The van der Waals surface area contributed by atoms with Crippen LogP contribution in [0.2, 0.25) is 0 Å². The van der Waals surface area contributed by atoms with Crippen molar-refractivity contribution in [2.45, 2.75) is 201 Å². The van der Waals surface area contributed by atoms with E-state index in [1.54, 1.807) is 0 Å². The second-order valence-corrected chi connectivity index (χ2v) is 12.2. The molecule has 2 nitrogen and oxygen atoms in total. The summed E-state index contributed by atoms with van der Waals surface area (Å²) in [5.41, 5.74) is 0. The molecule has 0 N–H and O–H groups in total. The van der Waals surface area contributed by atoms with Crippen LogP contribution in [0.25, 0.3) is 0 Å². The van der Waals surface area contributed by atoms with Gasteiger partial charge in [0.2, 0.25) is 0 Å². The first-order valence-electron chi connectivity index (χ1n) is 17.3. The fourth-order valence-electron chi connectivity index (χ4n) is 5.49. The smallest absolute Gasteiger partial charge is 0.308 e. The van der Waals surface area contributed by atoms with E-state index in [4.69, 9.17) is 4.74 Å². The monoisotopic (exact) mass is 523 g/mol. The number of esters is 1. The van der Waals surface area contributed by atoms with Gasteiger partial charge in [-0.3, -0.25) is 4.79 Å². The average molecular weight is 523 g/mol. The largest absolute Gasteiger partial charge is 0.465 e. The van der Waals surface area contributed by atoms with Gasteiger partial charge in [-0.25, -0.2) is 0 Å². The van der Waals surface area contributed by atoms with Crippen LogP contribution < -0.4 is 0 Å². The summed E-state index contributed by atoms with van der Waals surface area (Å²) in [6.45, 7) is 9.54. The number of hydrogen-bond acceptors (Lipinski definition) is 2. The summed E-state index contributed by atoms with van der Waals surface area (Å²) in [6.07, 6.45) is 36.2. The van der Waals surface area contributed by atoms with Crippen LogP contribution in [-0.2, 0) is 9.53 Å². The Kier molecular flexibility index (Phi) is 29.6. The molecule has 0 aliphatic rings. The van der Waals surface area contributed by atoms with Crippen molar-refractivity contribution < 1.29 is 9.53 Å². The van der Waals surface area contributed by atoms with E-state index in [2.05, 4.69) is 27.7 Å². The predicted molar refractivity (Wildman–Crippen MR) is 165 cm³/mol. The SMILES string of the molecule is CCCCCCCCCCCCCCC(CCCCCCCCCC)COC(=O)C(C)CCCCCC. The third-order valence-corrected chi connectivity index (χ3v) is 8.29. The second kappa shape index (κ2) is 30.0. The number of ether oxygens (including phenoxy) is 1. The van der Waals surface area contributed by atoms with E-state index in [0.717, 1.165) is 12.8 Å². The first-order chi connectivity index (χ1) is 18.2. The van der Waals surface area contributed by atoms with Crippen molar-refractivity contribution in [3.05, 3.63) is 0 Å². The van der Waals surface area contributed by atoms with Crippen LogP contribution in [0.5, 0.6) is 0 Å². The summed E-state index contributed by atoms with van der Waals surface area (Å²) in [7, 11) is 0. The minimum atomic E-state index is 0.0483. The highest BCUT2D eigenvalue weighted by atomic mass is 16.5. The lowest BCUT2D eigenvalue weighted by Crippen LogP contribution is -2.20. The summed E-state index contributed by atoms with van der Waals surface area (Å²) in [5, 5.41) is 0. The molecule has 2 heteroatoms. The van der Waals surface area contributed by atoms with E-state index in [1.165, 1.54) is 161 Å². The lowest BCUT2D eigenvalue weighted by Gasteiger charge is -2.19. The number of unbranched alkanes of at least 4 members (excludes halogenated alkanes) is 21. The molecule has 0 bridgehead atoms. The molecule has 2 unspecified atom stereocenters. The molecule has 0 spiro atoms. The summed E-state index contributed by atoms with van der Waals surface area (Å²) in [6, 6.07) is 0. The molecule has 0 aromatic heterocycles. The first kappa shape index (κ1) is 36.5. The van der Waals surface area contributed by atoms with Crippen LogP contribution in [0.1, 0.15) is 201 Å². The van der Waals surface area contributed by atoms with E-state index in [0.29, 0.717) is 12.5 Å². The zero-order valence-electron chi connectivity index (χ0n) is 26.3. The van der Waals surface area contributed by atoms with Crippen molar-refractivity contribution in [1.82, 2.24) is 0 Å². The second-order valence-electron chi connectivity index (χ2n) is 12.2. The van der Waals surface area contributed by atoms with Gasteiger partial charge in [0.25, 0.3) is 0 Å². The molecule has 0 aromatic rings. The fraction of sp³-hybridized carbons (Fsp3) is 0.971. The third kappa shape index (κ3) is 26.8. The van der Waals surface area contributed by atoms with Gasteiger partial charge >= 0.3 is 5.97 Å². The molecule has 0 aromatic carbocycles. The van der Waals surface area contributed by atoms with Crippen LogP contribution >= 0.6 is 0 Å². The van der Waals surface area contributed by atoms with Gasteiger partial charge < -0.3 is 4.74 Å². The summed E-state index contributed by atoms with van der Waals surface area (Å²) in [5.74, 6) is 0.679. The molecule has 0 heterocycles. The number of rotatable bonds is 30. The quantitative estimate of drug-likeness (QED) is 0.0692. The Morgan fingerprint density at radius 3 is 1.14 bits per heavy atom. The van der Waals surface area contributed by atoms with Gasteiger partial charge in [-0.15, -0.1) is 0 Å². The molecule has 222 valence electrons. The van der Waals surface area contributed by atoms with E-state index in [1.807, 2.05) is 0 Å². The highest BCUT2D eigenvalue weighted by Crippen LogP contribution is 2.21. The minimum absolute atomic E-state index is 0.0483. The molecule has 0 radical (unpaired) electrons. The average Bonchev–Trinajstić information content (AvgIpc) is 2.90. The molecule has 0 aliphatic carbocycles. The van der Waals surface area contributed by atoms with Crippen LogP contribution in [0.3, 0.4) is 0 Å². The summed E-state index contributed by atoms with van der Waals surface area (Å²) >= 11 is 0. The highest BCUT2D eigenvalue weighted by Gasteiger charge is 2.17. The molecule has 0 saturated heterocycles. The third-order valence-electron chi connectivity index (χ3n) is 8.29. The van der Waals surface area contributed by atoms with Gasteiger partial charge in [0, 0.05) is 0 Å². The normalized spacial score (nSPS) is 13.1. The van der Waals surface area contributed by atoms with Gasteiger partial charge in [-0.2, -0.15) is 0 Å². The van der Waals surface area contributed by atoms with Crippen LogP contribution in [0, 0.1) is 11.8 Å². The Morgan fingerprint density at radius 2 is 0.757 bits per heavy atom. The highest BCUT2D eigenvalue weighted by molar-refractivity contribution is 5.71. The number of hydrogen-bond donors (Lipinski definition) is 0. The van der Waals surface area contributed by atoms with Crippen LogP contribution in [0.4, 0.5) is 0 Å². The topological polar surface area (TPSA) is 26.3 Å². The van der Waals surface area contributed by atoms with Gasteiger partial charge in [0.05, 0.1) is 12.5 Å². The molecule has 0 amide bonds. The predicted octanol–water partition coefficient (Wildman–Crippen LogP) is 12.4. The Bertz CT molecular complexity index is 447. The van der Waals surface area contributed by atoms with Crippen molar-refractivity contribution in [3.63, 3.8) is 0 Å². The van der Waals surface area contributed by atoms with Crippen molar-refractivity contribution in [3.8, 4) is 0 Å². The van der Waals surface area contributed by atoms with Gasteiger partial charge in [-0.1, -0.05) is 182 Å². The molecule has 0 saturated carbocycles. The molecule has 37 heavy (non-hydrogen) atoms. The van der Waals surface area contributed by atoms with Crippen molar-refractivity contribution in [1.29, 1.82) is 0 Å². The minimum Gasteiger partial charge on any atom is -0.465 e. The Balaban J connectivity index is 4.09. The van der Waals surface area contributed by atoms with Gasteiger partial charge in [-0.05, 0) is 25.2 Å². The zero-order valence-corrected chi connectivity index (χ0v) is 26.3. The summed E-state index contributed by atoms with van der Waals surface area (Å²) in [4.78, 5) is 12.6. The molecule has 0 aliphatic heterocycles. The van der Waals surface area contributed by atoms with E-state index >= 15 is 0 Å². The van der Waals surface area contributed by atoms with Crippen LogP contribution in [0.15, 0.2) is 0 Å². The molecule has 0 fully saturated rings. The molecular weight excluding hydrogens is 452 g/mol. The Labute approximate surface area is 234 Å².